The van der Waals surface area contributed by atoms with Crippen LogP contribution in [-0.4, -0.2) is 16.9 Å². The molecular formula is C19H16N2O3. The van der Waals surface area contributed by atoms with Gasteiger partial charge in [-0.3, -0.25) is 14.6 Å². The molecule has 0 spiro atoms. The lowest BCUT2D eigenvalue weighted by Gasteiger charge is -2.17. The number of para-hydroxylation sites is 1. The molecule has 0 aliphatic heterocycles. The van der Waals surface area contributed by atoms with E-state index in [0.29, 0.717) is 16.8 Å². The van der Waals surface area contributed by atoms with Crippen molar-refractivity contribution in [2.24, 2.45) is 0 Å². The van der Waals surface area contributed by atoms with E-state index < -0.39 is 18.0 Å². The van der Waals surface area contributed by atoms with Gasteiger partial charge in [-0.1, -0.05) is 48.5 Å². The minimum Gasteiger partial charge on any atom is -0.447 e. The van der Waals surface area contributed by atoms with E-state index in [2.05, 4.69) is 10.3 Å². The Morgan fingerprint density at radius 3 is 2.50 bits per heavy atom. The Morgan fingerprint density at radius 1 is 1.00 bits per heavy atom. The number of amides is 1. The van der Waals surface area contributed by atoms with Gasteiger partial charge in [-0.15, -0.1) is 0 Å². The van der Waals surface area contributed by atoms with E-state index >= 15 is 0 Å². The largest absolute Gasteiger partial charge is 0.447 e. The first kappa shape index (κ1) is 15.7. The fourth-order valence-corrected chi connectivity index (χ4v) is 2.47. The summed E-state index contributed by atoms with van der Waals surface area (Å²) in [5.74, 6) is -0.940. The van der Waals surface area contributed by atoms with Crippen LogP contribution in [0.25, 0.3) is 10.9 Å². The number of rotatable bonds is 4. The van der Waals surface area contributed by atoms with Crippen LogP contribution in [0.2, 0.25) is 0 Å². The monoisotopic (exact) mass is 320 g/mol. The summed E-state index contributed by atoms with van der Waals surface area (Å²) in [6, 6.07) is 18.2. The van der Waals surface area contributed by atoms with E-state index in [1.165, 1.54) is 6.92 Å². The number of carbonyl (C=O) groups excluding carboxylic acids is 2. The molecule has 0 saturated carbocycles. The van der Waals surface area contributed by atoms with Crippen LogP contribution >= 0.6 is 0 Å². The number of fused-ring (bicyclic) bond motifs is 1. The fraction of sp³-hybridized carbons (Fsp3) is 0.105. The van der Waals surface area contributed by atoms with Crippen LogP contribution in [0.3, 0.4) is 0 Å². The summed E-state index contributed by atoms with van der Waals surface area (Å²) >= 11 is 0. The van der Waals surface area contributed by atoms with Gasteiger partial charge >= 0.3 is 5.97 Å². The number of esters is 1. The van der Waals surface area contributed by atoms with E-state index in [4.69, 9.17) is 4.74 Å². The Balaban J connectivity index is 1.91. The van der Waals surface area contributed by atoms with E-state index in [9.17, 15) is 9.59 Å². The van der Waals surface area contributed by atoms with Gasteiger partial charge in [0, 0.05) is 24.1 Å². The molecule has 5 heteroatoms. The lowest BCUT2D eigenvalue weighted by atomic mass is 10.1. The van der Waals surface area contributed by atoms with Crippen molar-refractivity contribution in [1.29, 1.82) is 0 Å². The minimum absolute atomic E-state index is 0.422. The number of ether oxygens (including phenoxy) is 1. The molecule has 0 aliphatic rings. The van der Waals surface area contributed by atoms with Gasteiger partial charge in [-0.05, 0) is 12.1 Å². The quantitative estimate of drug-likeness (QED) is 0.747. The van der Waals surface area contributed by atoms with Crippen molar-refractivity contribution >= 4 is 28.5 Å². The zero-order valence-corrected chi connectivity index (χ0v) is 13.1. The summed E-state index contributed by atoms with van der Waals surface area (Å²) in [6.07, 6.45) is 0.654. The van der Waals surface area contributed by atoms with Crippen LogP contribution in [0, 0.1) is 0 Å². The Kier molecular flexibility index (Phi) is 4.52. The Morgan fingerprint density at radius 2 is 1.75 bits per heavy atom. The maximum Gasteiger partial charge on any atom is 0.303 e. The predicted molar refractivity (Wildman–Crippen MR) is 91.3 cm³/mol. The van der Waals surface area contributed by atoms with E-state index in [1.807, 2.05) is 30.3 Å². The molecule has 0 fully saturated rings. The third-order valence-electron chi connectivity index (χ3n) is 3.51. The zero-order valence-electron chi connectivity index (χ0n) is 13.1. The number of anilines is 1. The number of carbonyl (C=O) groups is 2. The van der Waals surface area contributed by atoms with Crippen LogP contribution < -0.4 is 5.32 Å². The molecule has 0 bridgehead atoms. The van der Waals surface area contributed by atoms with Crippen molar-refractivity contribution in [1.82, 2.24) is 4.98 Å². The summed E-state index contributed by atoms with van der Waals surface area (Å²) < 4.78 is 5.21. The number of hydrogen-bond donors (Lipinski definition) is 1. The molecule has 3 aromatic rings. The Hall–Kier alpha value is -3.21. The first-order valence-electron chi connectivity index (χ1n) is 7.52. The molecule has 5 nitrogen and oxygen atoms in total. The third-order valence-corrected chi connectivity index (χ3v) is 3.51. The fourth-order valence-electron chi connectivity index (χ4n) is 2.47. The van der Waals surface area contributed by atoms with Gasteiger partial charge in [0.2, 0.25) is 6.10 Å². The van der Waals surface area contributed by atoms with Gasteiger partial charge in [0.05, 0.1) is 11.2 Å². The lowest BCUT2D eigenvalue weighted by Crippen LogP contribution is -2.25. The van der Waals surface area contributed by atoms with Gasteiger partial charge in [0.1, 0.15) is 0 Å². The van der Waals surface area contributed by atoms with E-state index in [1.54, 1.807) is 36.5 Å². The second-order valence-corrected chi connectivity index (χ2v) is 5.27. The maximum absolute atomic E-state index is 12.7. The SMILES string of the molecule is CC(=O)OC(C(=O)Nc1cccc2cccnc12)c1ccccc1. The highest BCUT2D eigenvalue weighted by atomic mass is 16.5. The van der Waals surface area contributed by atoms with Crippen molar-refractivity contribution < 1.29 is 14.3 Å². The molecule has 1 aromatic heterocycles. The lowest BCUT2D eigenvalue weighted by molar-refractivity contribution is -0.152. The number of nitrogens with one attached hydrogen (secondary N) is 1. The van der Waals surface area contributed by atoms with Gasteiger partial charge < -0.3 is 10.1 Å². The smallest absolute Gasteiger partial charge is 0.303 e. The average molecular weight is 320 g/mol. The molecule has 2 aromatic carbocycles. The summed E-state index contributed by atoms with van der Waals surface area (Å²) in [4.78, 5) is 28.4. The first-order chi connectivity index (χ1) is 11.6. The standard InChI is InChI=1S/C19H16N2O3/c1-13(22)24-18(15-7-3-2-4-8-15)19(23)21-16-11-5-9-14-10-6-12-20-17(14)16/h2-12,18H,1H3,(H,21,23). The Labute approximate surface area is 139 Å². The molecule has 0 saturated heterocycles. The van der Waals surface area contributed by atoms with Crippen molar-refractivity contribution in [2.75, 3.05) is 5.32 Å². The van der Waals surface area contributed by atoms with Crippen molar-refractivity contribution in [3.63, 3.8) is 0 Å². The number of nitrogens with zero attached hydrogens (tertiary/aromatic N) is 1. The zero-order chi connectivity index (χ0) is 16.9. The van der Waals surface area contributed by atoms with Crippen molar-refractivity contribution in [3.05, 3.63) is 72.4 Å². The Bertz CT molecular complexity index is 873. The van der Waals surface area contributed by atoms with Crippen molar-refractivity contribution in [2.45, 2.75) is 13.0 Å². The second-order valence-electron chi connectivity index (χ2n) is 5.27. The van der Waals surface area contributed by atoms with Gasteiger partial charge in [-0.2, -0.15) is 0 Å². The molecule has 1 amide bonds. The number of benzene rings is 2. The highest BCUT2D eigenvalue weighted by Gasteiger charge is 2.24. The molecule has 0 aliphatic carbocycles. The predicted octanol–water partition coefficient (Wildman–Crippen LogP) is 3.48. The highest BCUT2D eigenvalue weighted by molar-refractivity contribution is 6.02. The first-order valence-corrected chi connectivity index (χ1v) is 7.52. The molecule has 0 radical (unpaired) electrons. The summed E-state index contributed by atoms with van der Waals surface area (Å²) in [7, 11) is 0. The summed E-state index contributed by atoms with van der Waals surface area (Å²) in [6.45, 7) is 1.28. The van der Waals surface area contributed by atoms with Gasteiger partial charge in [-0.25, -0.2) is 0 Å². The topological polar surface area (TPSA) is 68.3 Å². The van der Waals surface area contributed by atoms with Crippen molar-refractivity contribution in [3.8, 4) is 0 Å². The molecule has 3 rings (SSSR count). The van der Waals surface area contributed by atoms with E-state index in [-0.39, 0.29) is 0 Å². The van der Waals surface area contributed by atoms with Gasteiger partial charge in [0.25, 0.3) is 5.91 Å². The van der Waals surface area contributed by atoms with Crippen LogP contribution in [0.1, 0.15) is 18.6 Å². The molecule has 24 heavy (non-hydrogen) atoms. The molecular weight excluding hydrogens is 304 g/mol. The number of aromatic nitrogens is 1. The van der Waals surface area contributed by atoms with Crippen LogP contribution in [0.15, 0.2) is 66.9 Å². The second kappa shape index (κ2) is 6.91. The molecule has 120 valence electrons. The molecule has 1 N–H and O–H groups in total. The summed E-state index contributed by atoms with van der Waals surface area (Å²) in [5.41, 5.74) is 1.87. The molecule has 1 unspecified atom stereocenters. The third kappa shape index (κ3) is 3.41. The maximum atomic E-state index is 12.7. The highest BCUT2D eigenvalue weighted by Crippen LogP contribution is 2.24. The molecule has 1 heterocycles. The summed E-state index contributed by atoms with van der Waals surface area (Å²) in [5, 5.41) is 3.73. The number of pyridine rings is 1. The minimum atomic E-state index is -1.01. The van der Waals surface area contributed by atoms with E-state index in [0.717, 1.165) is 5.39 Å². The van der Waals surface area contributed by atoms with Crippen LogP contribution in [0.5, 0.6) is 0 Å². The van der Waals surface area contributed by atoms with Crippen LogP contribution in [0.4, 0.5) is 5.69 Å². The number of hydrogen-bond acceptors (Lipinski definition) is 4. The molecule has 1 atom stereocenters. The normalized spacial score (nSPS) is 11.7. The van der Waals surface area contributed by atoms with Gasteiger partial charge in [0.15, 0.2) is 0 Å². The van der Waals surface area contributed by atoms with Crippen LogP contribution in [-0.2, 0) is 14.3 Å². The average Bonchev–Trinajstić information content (AvgIpc) is 2.60.